The van der Waals surface area contributed by atoms with Crippen LogP contribution in [0.3, 0.4) is 0 Å². The molecule has 0 aromatic heterocycles. The Balaban J connectivity index is 2.91. The van der Waals surface area contributed by atoms with E-state index in [1.165, 1.54) is 11.1 Å². The quantitative estimate of drug-likeness (QED) is 0.795. The normalized spacial score (nSPS) is 10.8. The van der Waals surface area contributed by atoms with Gasteiger partial charge in [0.15, 0.2) is 0 Å². The van der Waals surface area contributed by atoms with E-state index in [2.05, 4.69) is 37.2 Å². The molecule has 0 unspecified atom stereocenters. The summed E-state index contributed by atoms with van der Waals surface area (Å²) in [7, 11) is 5.86. The largest absolute Gasteiger partial charge is 0.496 e. The van der Waals surface area contributed by atoms with Crippen molar-refractivity contribution >= 4 is 0 Å². The van der Waals surface area contributed by atoms with E-state index in [4.69, 9.17) is 10.5 Å². The van der Waals surface area contributed by atoms with E-state index in [0.717, 1.165) is 31.7 Å². The van der Waals surface area contributed by atoms with Crippen LogP contribution in [0.25, 0.3) is 0 Å². The molecule has 3 heteroatoms. The van der Waals surface area contributed by atoms with Crippen LogP contribution in [0, 0.1) is 0 Å². The molecule has 0 spiro atoms. The van der Waals surface area contributed by atoms with Gasteiger partial charge in [-0.1, -0.05) is 18.2 Å². The van der Waals surface area contributed by atoms with Crippen LogP contribution in [-0.4, -0.2) is 32.6 Å². The molecule has 0 aliphatic rings. The summed E-state index contributed by atoms with van der Waals surface area (Å²) in [6, 6.07) is 6.33. The number of rotatable bonds is 6. The summed E-state index contributed by atoms with van der Waals surface area (Å²) in [6.45, 7) is 1.63. The molecule has 2 N–H and O–H groups in total. The van der Waals surface area contributed by atoms with Crippen molar-refractivity contribution in [1.29, 1.82) is 0 Å². The van der Waals surface area contributed by atoms with Crippen molar-refractivity contribution in [3.63, 3.8) is 0 Å². The molecule has 1 rings (SSSR count). The van der Waals surface area contributed by atoms with E-state index in [9.17, 15) is 0 Å². The number of ether oxygens (including phenoxy) is 1. The smallest absolute Gasteiger partial charge is 0.126 e. The van der Waals surface area contributed by atoms with E-state index < -0.39 is 0 Å². The molecule has 0 saturated heterocycles. The lowest BCUT2D eigenvalue weighted by Gasteiger charge is -2.16. The predicted molar refractivity (Wildman–Crippen MR) is 67.8 cm³/mol. The van der Waals surface area contributed by atoms with Crippen LogP contribution in [0.15, 0.2) is 18.2 Å². The average molecular weight is 222 g/mol. The summed E-state index contributed by atoms with van der Waals surface area (Å²) in [4.78, 5) is 2.14. The van der Waals surface area contributed by atoms with Gasteiger partial charge < -0.3 is 15.4 Å². The van der Waals surface area contributed by atoms with Crippen LogP contribution in [0.1, 0.15) is 17.5 Å². The topological polar surface area (TPSA) is 38.5 Å². The van der Waals surface area contributed by atoms with Gasteiger partial charge in [-0.25, -0.2) is 0 Å². The molecule has 0 saturated carbocycles. The molecule has 1 aromatic carbocycles. The Morgan fingerprint density at radius 2 is 1.94 bits per heavy atom. The van der Waals surface area contributed by atoms with Crippen molar-refractivity contribution in [2.45, 2.75) is 19.4 Å². The van der Waals surface area contributed by atoms with Crippen LogP contribution in [0.2, 0.25) is 0 Å². The lowest BCUT2D eigenvalue weighted by Crippen LogP contribution is -2.12. The lowest BCUT2D eigenvalue weighted by atomic mass is 10.0. The van der Waals surface area contributed by atoms with Crippen molar-refractivity contribution in [2.75, 3.05) is 27.7 Å². The van der Waals surface area contributed by atoms with Crippen molar-refractivity contribution in [2.24, 2.45) is 5.73 Å². The highest BCUT2D eigenvalue weighted by atomic mass is 16.5. The zero-order chi connectivity index (χ0) is 12.0. The number of para-hydroxylation sites is 1. The van der Waals surface area contributed by atoms with Gasteiger partial charge in [-0.3, -0.25) is 0 Å². The highest BCUT2D eigenvalue weighted by molar-refractivity contribution is 5.41. The molecule has 0 amide bonds. The Hall–Kier alpha value is -1.06. The molecule has 16 heavy (non-hydrogen) atoms. The second kappa shape index (κ2) is 6.51. The number of nitrogens with two attached hydrogens (primary N) is 1. The highest BCUT2D eigenvalue weighted by Crippen LogP contribution is 2.25. The van der Waals surface area contributed by atoms with Gasteiger partial charge in [0.1, 0.15) is 5.75 Å². The first kappa shape index (κ1) is 13.0. The molecule has 90 valence electrons. The number of aryl methyl sites for hydroxylation is 1. The third kappa shape index (κ3) is 3.51. The molecule has 0 heterocycles. The van der Waals surface area contributed by atoms with E-state index in [1.54, 1.807) is 7.11 Å². The van der Waals surface area contributed by atoms with E-state index in [0.29, 0.717) is 0 Å². The molecular weight excluding hydrogens is 200 g/mol. The summed E-state index contributed by atoms with van der Waals surface area (Å²) in [5.41, 5.74) is 8.03. The Morgan fingerprint density at radius 3 is 2.50 bits per heavy atom. The van der Waals surface area contributed by atoms with E-state index in [-0.39, 0.29) is 0 Å². The third-order valence-electron chi connectivity index (χ3n) is 2.52. The van der Waals surface area contributed by atoms with Gasteiger partial charge in [0.25, 0.3) is 0 Å². The minimum Gasteiger partial charge on any atom is -0.496 e. The fraction of sp³-hybridized carbons (Fsp3) is 0.538. The summed E-state index contributed by atoms with van der Waals surface area (Å²) in [5, 5.41) is 0. The van der Waals surface area contributed by atoms with Crippen LogP contribution in [0.5, 0.6) is 5.75 Å². The van der Waals surface area contributed by atoms with Gasteiger partial charge in [0.05, 0.1) is 7.11 Å². The summed E-state index contributed by atoms with van der Waals surface area (Å²) >= 11 is 0. The molecule has 0 fully saturated rings. The van der Waals surface area contributed by atoms with Crippen molar-refractivity contribution in [3.8, 4) is 5.75 Å². The number of nitrogens with zero attached hydrogens (tertiary/aromatic N) is 1. The Morgan fingerprint density at radius 1 is 1.25 bits per heavy atom. The molecule has 0 aliphatic heterocycles. The Labute approximate surface area is 98.2 Å². The minimum atomic E-state index is 0.723. The average Bonchev–Trinajstić information content (AvgIpc) is 2.25. The summed E-state index contributed by atoms with van der Waals surface area (Å²) in [6.07, 6.45) is 1.99. The monoisotopic (exact) mass is 222 g/mol. The maximum atomic E-state index is 5.54. The molecule has 0 atom stereocenters. The van der Waals surface area contributed by atoms with E-state index in [1.807, 2.05) is 0 Å². The molecule has 3 nitrogen and oxygen atoms in total. The number of methoxy groups -OCH3 is 1. The maximum absolute atomic E-state index is 5.54. The molecule has 1 aromatic rings. The van der Waals surface area contributed by atoms with Gasteiger partial charge in [0.2, 0.25) is 0 Å². The second-order valence-corrected chi connectivity index (χ2v) is 4.24. The van der Waals surface area contributed by atoms with Crippen molar-refractivity contribution in [1.82, 2.24) is 4.90 Å². The first-order valence-electron chi connectivity index (χ1n) is 5.68. The van der Waals surface area contributed by atoms with Crippen LogP contribution < -0.4 is 10.5 Å². The maximum Gasteiger partial charge on any atom is 0.126 e. The number of hydrogen-bond donors (Lipinski definition) is 1. The predicted octanol–water partition coefficient (Wildman–Crippen LogP) is 1.65. The van der Waals surface area contributed by atoms with Crippen LogP contribution in [-0.2, 0) is 13.0 Å². The number of hydrogen-bond acceptors (Lipinski definition) is 3. The molecule has 0 radical (unpaired) electrons. The van der Waals surface area contributed by atoms with Crippen LogP contribution in [0.4, 0.5) is 0 Å². The SMILES string of the molecule is COc1c(CCCN)cccc1CN(C)C. The first-order chi connectivity index (χ1) is 7.69. The Kier molecular flexibility index (Phi) is 5.29. The lowest BCUT2D eigenvalue weighted by molar-refractivity contribution is 0.369. The van der Waals surface area contributed by atoms with Gasteiger partial charge in [-0.05, 0) is 39.0 Å². The zero-order valence-corrected chi connectivity index (χ0v) is 10.5. The first-order valence-corrected chi connectivity index (χ1v) is 5.68. The fourth-order valence-electron chi connectivity index (χ4n) is 1.85. The van der Waals surface area contributed by atoms with Crippen molar-refractivity contribution < 1.29 is 4.74 Å². The summed E-state index contributed by atoms with van der Waals surface area (Å²) in [5.74, 6) is 1.02. The molecule has 0 bridgehead atoms. The van der Waals surface area contributed by atoms with Gasteiger partial charge in [0, 0.05) is 12.1 Å². The van der Waals surface area contributed by atoms with Gasteiger partial charge >= 0.3 is 0 Å². The van der Waals surface area contributed by atoms with Gasteiger partial charge in [-0.15, -0.1) is 0 Å². The molecule has 0 aliphatic carbocycles. The fourth-order valence-corrected chi connectivity index (χ4v) is 1.85. The Bertz CT molecular complexity index is 324. The zero-order valence-electron chi connectivity index (χ0n) is 10.5. The summed E-state index contributed by atoms with van der Waals surface area (Å²) < 4.78 is 5.51. The van der Waals surface area contributed by atoms with Crippen LogP contribution >= 0.6 is 0 Å². The molecular formula is C13H22N2O. The van der Waals surface area contributed by atoms with Crippen molar-refractivity contribution in [3.05, 3.63) is 29.3 Å². The van der Waals surface area contributed by atoms with E-state index >= 15 is 0 Å². The number of benzene rings is 1. The van der Waals surface area contributed by atoms with Gasteiger partial charge in [-0.2, -0.15) is 0 Å². The second-order valence-electron chi connectivity index (χ2n) is 4.24. The standard InChI is InChI=1S/C13H22N2O/c1-15(2)10-12-7-4-6-11(8-5-9-14)13(12)16-3/h4,6-7H,5,8-10,14H2,1-3H3. The minimum absolute atomic E-state index is 0.723. The highest BCUT2D eigenvalue weighted by Gasteiger charge is 2.08. The third-order valence-corrected chi connectivity index (χ3v) is 2.52.